The predicted octanol–water partition coefficient (Wildman–Crippen LogP) is 2.06. The van der Waals surface area contributed by atoms with E-state index in [-0.39, 0.29) is 0 Å². The number of ether oxygens (including phenoxy) is 2. The molecular weight excluding hydrogens is 356 g/mol. The van der Waals surface area contributed by atoms with Crippen molar-refractivity contribution in [2.45, 2.75) is 51.6 Å². The number of rotatable bonds is 8. The van der Waals surface area contributed by atoms with Gasteiger partial charge in [0.1, 0.15) is 11.6 Å². The van der Waals surface area contributed by atoms with E-state index in [0.717, 1.165) is 49.6 Å². The van der Waals surface area contributed by atoms with Gasteiger partial charge in [-0.1, -0.05) is 12.5 Å². The van der Waals surface area contributed by atoms with Gasteiger partial charge in [0.15, 0.2) is 17.5 Å². The lowest BCUT2D eigenvalue weighted by Gasteiger charge is -2.09. The van der Waals surface area contributed by atoms with Gasteiger partial charge < -0.3 is 25.1 Å². The van der Waals surface area contributed by atoms with Crippen LogP contribution in [0.2, 0.25) is 0 Å². The van der Waals surface area contributed by atoms with Gasteiger partial charge in [0.05, 0.1) is 20.8 Å². The van der Waals surface area contributed by atoms with Crippen molar-refractivity contribution >= 4 is 5.96 Å². The van der Waals surface area contributed by atoms with Crippen LogP contribution in [0.25, 0.3) is 0 Å². The van der Waals surface area contributed by atoms with Gasteiger partial charge >= 0.3 is 0 Å². The molecular formula is C20H30N6O2. The number of aryl methyl sites for hydroxylation is 2. The molecule has 0 aliphatic carbocycles. The number of benzene rings is 1. The highest BCUT2D eigenvalue weighted by Gasteiger charge is 2.14. The number of nitrogens with two attached hydrogens (primary N) is 1. The zero-order valence-corrected chi connectivity index (χ0v) is 16.8. The third kappa shape index (κ3) is 5.15. The number of hydrogen-bond acceptors (Lipinski definition) is 5. The minimum absolute atomic E-state index is 0.440. The lowest BCUT2D eigenvalue weighted by molar-refractivity contribution is 0.354. The fourth-order valence-electron chi connectivity index (χ4n) is 3.40. The van der Waals surface area contributed by atoms with Gasteiger partial charge in [0.25, 0.3) is 0 Å². The summed E-state index contributed by atoms with van der Waals surface area (Å²) in [5.41, 5.74) is 7.00. The molecule has 8 nitrogen and oxygen atoms in total. The number of aliphatic imine (C=N–C) groups is 1. The van der Waals surface area contributed by atoms with Crippen LogP contribution in [0.3, 0.4) is 0 Å². The molecule has 0 amide bonds. The van der Waals surface area contributed by atoms with Crippen LogP contribution in [0.15, 0.2) is 23.2 Å². The van der Waals surface area contributed by atoms with E-state index in [9.17, 15) is 0 Å². The van der Waals surface area contributed by atoms with Crippen molar-refractivity contribution in [3.8, 4) is 11.5 Å². The zero-order valence-electron chi connectivity index (χ0n) is 16.8. The summed E-state index contributed by atoms with van der Waals surface area (Å²) in [6, 6.07) is 5.73. The summed E-state index contributed by atoms with van der Waals surface area (Å²) >= 11 is 0. The Hall–Kier alpha value is -2.77. The van der Waals surface area contributed by atoms with Gasteiger partial charge in [-0.3, -0.25) is 0 Å². The first-order valence-corrected chi connectivity index (χ1v) is 9.87. The molecule has 0 saturated carbocycles. The van der Waals surface area contributed by atoms with E-state index in [2.05, 4.69) is 25.1 Å². The molecule has 0 radical (unpaired) electrons. The van der Waals surface area contributed by atoms with Crippen molar-refractivity contribution in [2.24, 2.45) is 10.7 Å². The summed E-state index contributed by atoms with van der Waals surface area (Å²) in [6.07, 6.45) is 6.57. The number of nitrogens with zero attached hydrogens (tertiary/aromatic N) is 4. The van der Waals surface area contributed by atoms with Crippen LogP contribution in [-0.4, -0.2) is 41.5 Å². The first-order chi connectivity index (χ1) is 13.7. The molecule has 3 rings (SSSR count). The van der Waals surface area contributed by atoms with Crippen molar-refractivity contribution in [3.05, 3.63) is 35.4 Å². The molecule has 0 fully saturated rings. The number of aromatic nitrogens is 3. The predicted molar refractivity (Wildman–Crippen MR) is 109 cm³/mol. The SMILES string of the molecule is COc1ccc(CN=C(N)NCCCc2nnc3n2CCCCC3)cc1OC. The topological polar surface area (TPSA) is 99.6 Å². The second-order valence-corrected chi connectivity index (χ2v) is 6.92. The number of nitrogens with one attached hydrogen (secondary N) is 1. The van der Waals surface area contributed by atoms with Crippen molar-refractivity contribution < 1.29 is 9.47 Å². The highest BCUT2D eigenvalue weighted by atomic mass is 16.5. The first-order valence-electron chi connectivity index (χ1n) is 9.87. The lowest BCUT2D eigenvalue weighted by Crippen LogP contribution is -2.32. The van der Waals surface area contributed by atoms with E-state index >= 15 is 0 Å². The number of guanidine groups is 1. The maximum absolute atomic E-state index is 5.99. The Morgan fingerprint density at radius 3 is 2.86 bits per heavy atom. The molecule has 1 aromatic heterocycles. The summed E-state index contributed by atoms with van der Waals surface area (Å²) in [5, 5.41) is 11.9. The van der Waals surface area contributed by atoms with Crippen LogP contribution >= 0.6 is 0 Å². The maximum atomic E-state index is 5.99. The van der Waals surface area contributed by atoms with Crippen LogP contribution in [-0.2, 0) is 25.9 Å². The molecule has 0 spiro atoms. The Kier molecular flexibility index (Phi) is 7.11. The van der Waals surface area contributed by atoms with Crippen LogP contribution in [0.5, 0.6) is 11.5 Å². The Morgan fingerprint density at radius 2 is 2.04 bits per heavy atom. The molecule has 3 N–H and O–H groups in total. The maximum Gasteiger partial charge on any atom is 0.188 e. The molecule has 0 atom stereocenters. The third-order valence-electron chi connectivity index (χ3n) is 4.95. The first kappa shape index (κ1) is 20.0. The second-order valence-electron chi connectivity index (χ2n) is 6.92. The number of methoxy groups -OCH3 is 2. The molecule has 1 aliphatic heterocycles. The van der Waals surface area contributed by atoms with E-state index in [0.29, 0.717) is 24.0 Å². The smallest absolute Gasteiger partial charge is 0.188 e. The van der Waals surface area contributed by atoms with Crippen LogP contribution in [0.4, 0.5) is 0 Å². The molecule has 0 unspecified atom stereocenters. The molecule has 2 aromatic rings. The molecule has 8 heteroatoms. The molecule has 0 bridgehead atoms. The van der Waals surface area contributed by atoms with E-state index < -0.39 is 0 Å². The summed E-state index contributed by atoms with van der Waals surface area (Å²) < 4.78 is 12.9. The molecule has 0 saturated heterocycles. The number of fused-ring (bicyclic) bond motifs is 1. The summed E-state index contributed by atoms with van der Waals surface area (Å²) in [6.45, 7) is 2.28. The molecule has 1 aromatic carbocycles. The van der Waals surface area contributed by atoms with Crippen molar-refractivity contribution in [1.82, 2.24) is 20.1 Å². The zero-order chi connectivity index (χ0) is 19.8. The quantitative estimate of drug-likeness (QED) is 0.409. The fraction of sp³-hybridized carbons (Fsp3) is 0.550. The molecule has 28 heavy (non-hydrogen) atoms. The lowest BCUT2D eigenvalue weighted by atomic mass is 10.2. The Bertz CT molecular complexity index is 802. The average molecular weight is 387 g/mol. The molecule has 2 heterocycles. The van der Waals surface area contributed by atoms with Crippen LogP contribution < -0.4 is 20.5 Å². The van der Waals surface area contributed by atoms with Crippen molar-refractivity contribution in [2.75, 3.05) is 20.8 Å². The van der Waals surface area contributed by atoms with Gasteiger partial charge in [0, 0.05) is 25.9 Å². The monoisotopic (exact) mass is 386 g/mol. The number of hydrogen-bond donors (Lipinski definition) is 2. The standard InChI is InChI=1S/C20H30N6O2/c1-27-16-10-9-15(13-17(16)28-2)14-23-20(21)22-11-6-8-19-25-24-18-7-4-3-5-12-26(18)19/h9-10,13H,3-8,11-12,14H2,1-2H3,(H3,21,22,23). The summed E-state index contributed by atoms with van der Waals surface area (Å²) in [5.74, 6) is 4.05. The van der Waals surface area contributed by atoms with Crippen molar-refractivity contribution in [3.63, 3.8) is 0 Å². The second kappa shape index (κ2) is 9.96. The molecule has 152 valence electrons. The van der Waals surface area contributed by atoms with Gasteiger partial charge in [-0.25, -0.2) is 4.99 Å². The summed E-state index contributed by atoms with van der Waals surface area (Å²) in [7, 11) is 3.24. The van der Waals surface area contributed by atoms with Gasteiger partial charge in [0.2, 0.25) is 0 Å². The molecule has 1 aliphatic rings. The minimum Gasteiger partial charge on any atom is -0.493 e. The fourth-order valence-corrected chi connectivity index (χ4v) is 3.40. The van der Waals surface area contributed by atoms with Crippen LogP contribution in [0, 0.1) is 0 Å². The van der Waals surface area contributed by atoms with E-state index in [1.165, 1.54) is 19.3 Å². The largest absolute Gasteiger partial charge is 0.493 e. The van der Waals surface area contributed by atoms with Crippen LogP contribution in [0.1, 0.15) is 42.9 Å². The van der Waals surface area contributed by atoms with E-state index in [1.54, 1.807) is 14.2 Å². The Labute approximate surface area is 166 Å². The van der Waals surface area contributed by atoms with E-state index in [4.69, 9.17) is 15.2 Å². The van der Waals surface area contributed by atoms with Gasteiger partial charge in [-0.15, -0.1) is 10.2 Å². The van der Waals surface area contributed by atoms with E-state index in [1.807, 2.05) is 18.2 Å². The average Bonchev–Trinajstić information content (AvgIpc) is 2.95. The third-order valence-corrected chi connectivity index (χ3v) is 4.95. The highest BCUT2D eigenvalue weighted by molar-refractivity contribution is 5.77. The Balaban J connectivity index is 1.44. The normalized spacial score (nSPS) is 14.3. The minimum atomic E-state index is 0.440. The summed E-state index contributed by atoms with van der Waals surface area (Å²) in [4.78, 5) is 4.40. The van der Waals surface area contributed by atoms with Gasteiger partial charge in [-0.05, 0) is 37.0 Å². The highest BCUT2D eigenvalue weighted by Crippen LogP contribution is 2.27. The van der Waals surface area contributed by atoms with Gasteiger partial charge in [-0.2, -0.15) is 0 Å². The Morgan fingerprint density at radius 1 is 1.18 bits per heavy atom. The van der Waals surface area contributed by atoms with Crippen molar-refractivity contribution in [1.29, 1.82) is 0 Å².